The van der Waals surface area contributed by atoms with Gasteiger partial charge in [-0.05, 0) is 19.3 Å². The van der Waals surface area contributed by atoms with E-state index in [1.807, 2.05) is 17.1 Å². The first-order valence-electron chi connectivity index (χ1n) is 7.63. The molecule has 106 valence electrons. The SMILES string of the molecule is CCCn1cc(OC2CCOC3(CCCC3)C2)cn1. The average Bonchev–Trinajstić information content (AvgIpc) is 3.01. The Hall–Kier alpha value is -1.03. The Morgan fingerprint density at radius 3 is 3.11 bits per heavy atom. The normalized spacial score (nSPS) is 25.8. The van der Waals surface area contributed by atoms with E-state index in [0.717, 1.165) is 38.2 Å². The molecule has 4 heteroatoms. The van der Waals surface area contributed by atoms with E-state index >= 15 is 0 Å². The van der Waals surface area contributed by atoms with Gasteiger partial charge in [0, 0.05) is 19.4 Å². The second-order valence-electron chi connectivity index (χ2n) is 5.91. The maximum absolute atomic E-state index is 6.11. The van der Waals surface area contributed by atoms with Crippen LogP contribution in [0.5, 0.6) is 5.75 Å². The van der Waals surface area contributed by atoms with E-state index in [9.17, 15) is 0 Å². The zero-order chi connectivity index (χ0) is 13.1. The molecule has 1 unspecified atom stereocenters. The maximum atomic E-state index is 6.11. The van der Waals surface area contributed by atoms with Crippen LogP contribution in [0, 0.1) is 0 Å². The van der Waals surface area contributed by atoms with Crippen molar-refractivity contribution in [2.75, 3.05) is 6.61 Å². The van der Waals surface area contributed by atoms with E-state index in [-0.39, 0.29) is 5.60 Å². The van der Waals surface area contributed by atoms with E-state index in [4.69, 9.17) is 9.47 Å². The fourth-order valence-corrected chi connectivity index (χ4v) is 3.40. The fourth-order valence-electron chi connectivity index (χ4n) is 3.40. The van der Waals surface area contributed by atoms with Crippen LogP contribution in [-0.4, -0.2) is 28.1 Å². The molecule has 0 amide bonds. The minimum Gasteiger partial charge on any atom is -0.487 e. The van der Waals surface area contributed by atoms with Crippen LogP contribution in [-0.2, 0) is 11.3 Å². The summed E-state index contributed by atoms with van der Waals surface area (Å²) in [5.41, 5.74) is 0.127. The lowest BCUT2D eigenvalue weighted by atomic mass is 9.90. The molecule has 0 aromatic carbocycles. The lowest BCUT2D eigenvalue weighted by Gasteiger charge is -2.37. The van der Waals surface area contributed by atoms with Crippen molar-refractivity contribution in [1.82, 2.24) is 9.78 Å². The van der Waals surface area contributed by atoms with Crippen molar-refractivity contribution >= 4 is 0 Å². The van der Waals surface area contributed by atoms with E-state index < -0.39 is 0 Å². The highest BCUT2D eigenvalue weighted by molar-refractivity contribution is 5.12. The summed E-state index contributed by atoms with van der Waals surface area (Å²) in [6, 6.07) is 0. The second kappa shape index (κ2) is 5.53. The molecule has 2 heterocycles. The van der Waals surface area contributed by atoms with Gasteiger partial charge in [0.1, 0.15) is 6.10 Å². The molecule has 1 saturated carbocycles. The smallest absolute Gasteiger partial charge is 0.157 e. The number of ether oxygens (including phenoxy) is 2. The second-order valence-corrected chi connectivity index (χ2v) is 5.91. The van der Waals surface area contributed by atoms with Gasteiger partial charge in [-0.1, -0.05) is 19.8 Å². The van der Waals surface area contributed by atoms with E-state index in [0.29, 0.717) is 6.10 Å². The van der Waals surface area contributed by atoms with Gasteiger partial charge in [0.2, 0.25) is 0 Å². The summed E-state index contributed by atoms with van der Waals surface area (Å²) in [4.78, 5) is 0. The molecular formula is C15H24N2O2. The van der Waals surface area contributed by atoms with Crippen LogP contribution < -0.4 is 4.74 Å². The van der Waals surface area contributed by atoms with Gasteiger partial charge in [0.15, 0.2) is 5.75 Å². The molecular weight excluding hydrogens is 240 g/mol. The number of hydrogen-bond donors (Lipinski definition) is 0. The van der Waals surface area contributed by atoms with Crippen LogP contribution in [0.2, 0.25) is 0 Å². The molecule has 1 saturated heterocycles. The standard InChI is InChI=1S/C15H24N2O2/c1-2-8-17-12-14(11-16-17)19-13-5-9-18-15(10-13)6-3-4-7-15/h11-13H,2-10H2,1H3. The molecule has 4 nitrogen and oxygen atoms in total. The summed E-state index contributed by atoms with van der Waals surface area (Å²) in [6.45, 7) is 3.96. The van der Waals surface area contributed by atoms with Crippen LogP contribution in [0.3, 0.4) is 0 Å². The first-order chi connectivity index (χ1) is 9.30. The molecule has 0 N–H and O–H groups in total. The van der Waals surface area contributed by atoms with E-state index in [1.165, 1.54) is 25.7 Å². The summed E-state index contributed by atoms with van der Waals surface area (Å²) in [7, 11) is 0. The third kappa shape index (κ3) is 2.94. The molecule has 2 aliphatic rings. The van der Waals surface area contributed by atoms with Gasteiger partial charge in [-0.2, -0.15) is 5.10 Å². The molecule has 1 aromatic heterocycles. The Morgan fingerprint density at radius 2 is 2.32 bits per heavy atom. The highest BCUT2D eigenvalue weighted by atomic mass is 16.5. The Bertz CT molecular complexity index is 410. The Balaban J connectivity index is 1.59. The lowest BCUT2D eigenvalue weighted by Crippen LogP contribution is -2.41. The average molecular weight is 264 g/mol. The highest BCUT2D eigenvalue weighted by Crippen LogP contribution is 2.40. The topological polar surface area (TPSA) is 36.3 Å². The lowest BCUT2D eigenvalue weighted by molar-refractivity contribution is -0.108. The van der Waals surface area contributed by atoms with Gasteiger partial charge in [0.25, 0.3) is 0 Å². The van der Waals surface area contributed by atoms with E-state index in [1.54, 1.807) is 0 Å². The highest BCUT2D eigenvalue weighted by Gasteiger charge is 2.40. The summed E-state index contributed by atoms with van der Waals surface area (Å²) in [5, 5.41) is 4.32. The Morgan fingerprint density at radius 1 is 1.47 bits per heavy atom. The van der Waals surface area contributed by atoms with Crippen LogP contribution >= 0.6 is 0 Å². The van der Waals surface area contributed by atoms with Crippen molar-refractivity contribution in [3.63, 3.8) is 0 Å². The molecule has 19 heavy (non-hydrogen) atoms. The third-order valence-electron chi connectivity index (χ3n) is 4.33. The van der Waals surface area contributed by atoms with Gasteiger partial charge in [-0.15, -0.1) is 0 Å². The molecule has 0 radical (unpaired) electrons. The van der Waals surface area contributed by atoms with Crippen molar-refractivity contribution in [1.29, 1.82) is 0 Å². The minimum absolute atomic E-state index is 0.127. The summed E-state index contributed by atoms with van der Waals surface area (Å²) >= 11 is 0. The monoisotopic (exact) mass is 264 g/mol. The summed E-state index contributed by atoms with van der Waals surface area (Å²) in [5.74, 6) is 0.911. The van der Waals surface area contributed by atoms with Crippen LogP contribution in [0.25, 0.3) is 0 Å². The van der Waals surface area contributed by atoms with Crippen LogP contribution in [0.1, 0.15) is 51.9 Å². The van der Waals surface area contributed by atoms with Gasteiger partial charge in [0.05, 0.1) is 24.6 Å². The van der Waals surface area contributed by atoms with Gasteiger partial charge < -0.3 is 9.47 Å². The number of hydrogen-bond acceptors (Lipinski definition) is 3. The fraction of sp³-hybridized carbons (Fsp3) is 0.800. The van der Waals surface area contributed by atoms with Crippen molar-refractivity contribution in [3.8, 4) is 5.75 Å². The van der Waals surface area contributed by atoms with Crippen LogP contribution in [0.15, 0.2) is 12.4 Å². The molecule has 2 fully saturated rings. The van der Waals surface area contributed by atoms with Crippen molar-refractivity contribution < 1.29 is 9.47 Å². The number of rotatable bonds is 4. The van der Waals surface area contributed by atoms with Crippen LogP contribution in [0.4, 0.5) is 0 Å². The van der Waals surface area contributed by atoms with E-state index in [2.05, 4.69) is 12.0 Å². The zero-order valence-electron chi connectivity index (χ0n) is 11.8. The molecule has 0 bridgehead atoms. The molecule has 1 aliphatic carbocycles. The van der Waals surface area contributed by atoms with Crippen molar-refractivity contribution in [2.24, 2.45) is 0 Å². The van der Waals surface area contributed by atoms with Crippen molar-refractivity contribution in [2.45, 2.75) is 70.1 Å². The first kappa shape index (κ1) is 13.0. The van der Waals surface area contributed by atoms with Crippen molar-refractivity contribution in [3.05, 3.63) is 12.4 Å². The number of nitrogens with zero attached hydrogens (tertiary/aromatic N) is 2. The predicted molar refractivity (Wildman–Crippen MR) is 73.3 cm³/mol. The van der Waals surface area contributed by atoms with Gasteiger partial charge in [-0.3, -0.25) is 4.68 Å². The molecule has 1 spiro atoms. The number of aromatic nitrogens is 2. The first-order valence-corrected chi connectivity index (χ1v) is 7.63. The Labute approximate surface area is 115 Å². The predicted octanol–water partition coefficient (Wildman–Crippen LogP) is 3.16. The third-order valence-corrected chi connectivity index (χ3v) is 4.33. The molecule has 1 atom stereocenters. The zero-order valence-corrected chi connectivity index (χ0v) is 11.8. The summed E-state index contributed by atoms with van der Waals surface area (Å²) in [6.07, 6.45) is 12.3. The van der Waals surface area contributed by atoms with Gasteiger partial charge >= 0.3 is 0 Å². The quantitative estimate of drug-likeness (QED) is 0.838. The largest absolute Gasteiger partial charge is 0.487 e. The van der Waals surface area contributed by atoms with Gasteiger partial charge in [-0.25, -0.2) is 0 Å². The maximum Gasteiger partial charge on any atom is 0.157 e. The molecule has 1 aromatic rings. The Kier molecular flexibility index (Phi) is 3.78. The molecule has 3 rings (SSSR count). The number of aryl methyl sites for hydroxylation is 1. The molecule has 1 aliphatic heterocycles. The minimum atomic E-state index is 0.127. The summed E-state index contributed by atoms with van der Waals surface area (Å²) < 4.78 is 14.1.